The van der Waals surface area contributed by atoms with E-state index in [2.05, 4.69) is 6.92 Å². The van der Waals surface area contributed by atoms with Crippen LogP contribution in [0.1, 0.15) is 45.4 Å². The van der Waals surface area contributed by atoms with E-state index < -0.39 is 0 Å². The Morgan fingerprint density at radius 1 is 1.29 bits per heavy atom. The lowest BCUT2D eigenvalue weighted by Gasteiger charge is -2.22. The van der Waals surface area contributed by atoms with Gasteiger partial charge in [-0.05, 0) is 31.2 Å². The van der Waals surface area contributed by atoms with E-state index in [1.54, 1.807) is 0 Å². The maximum atomic E-state index is 12.3. The number of likely N-dealkylation sites (tertiary alicyclic amines) is 1. The molecule has 0 aromatic rings. The second kappa shape index (κ2) is 5.85. The van der Waals surface area contributed by atoms with E-state index in [0.29, 0.717) is 11.8 Å². The van der Waals surface area contributed by atoms with Crippen molar-refractivity contribution in [3.05, 3.63) is 0 Å². The van der Waals surface area contributed by atoms with E-state index in [-0.39, 0.29) is 5.92 Å². The molecule has 0 radical (unpaired) electrons. The minimum atomic E-state index is 0.217. The Labute approximate surface area is 105 Å². The Balaban J connectivity index is 1.78. The summed E-state index contributed by atoms with van der Waals surface area (Å²) in [6.07, 6.45) is 7.60. The lowest BCUT2D eigenvalue weighted by atomic mass is 9.93. The minimum Gasteiger partial charge on any atom is -0.342 e. The fraction of sp³-hybridized carbons (Fsp3) is 0.929. The Morgan fingerprint density at radius 3 is 2.59 bits per heavy atom. The number of hydrogen-bond donors (Lipinski definition) is 1. The lowest BCUT2D eigenvalue weighted by molar-refractivity contribution is -0.134. The van der Waals surface area contributed by atoms with Gasteiger partial charge in [0, 0.05) is 19.0 Å². The molecule has 0 aromatic carbocycles. The molecule has 1 heterocycles. The molecule has 0 aromatic heterocycles. The van der Waals surface area contributed by atoms with Crippen LogP contribution in [-0.4, -0.2) is 30.4 Å². The highest BCUT2D eigenvalue weighted by Gasteiger charge is 2.29. The number of nitrogens with two attached hydrogens (primary N) is 1. The zero-order valence-electron chi connectivity index (χ0n) is 11.0. The molecule has 0 spiro atoms. The first-order valence-electron chi connectivity index (χ1n) is 7.19. The minimum absolute atomic E-state index is 0.217. The summed E-state index contributed by atoms with van der Waals surface area (Å²) >= 11 is 0. The molecule has 2 unspecified atom stereocenters. The lowest BCUT2D eigenvalue weighted by Crippen LogP contribution is -2.34. The van der Waals surface area contributed by atoms with Gasteiger partial charge in [0.15, 0.2) is 0 Å². The van der Waals surface area contributed by atoms with Gasteiger partial charge in [-0.25, -0.2) is 0 Å². The van der Waals surface area contributed by atoms with E-state index in [4.69, 9.17) is 5.73 Å². The van der Waals surface area contributed by atoms with Gasteiger partial charge in [0.2, 0.25) is 5.91 Å². The van der Waals surface area contributed by atoms with Crippen LogP contribution >= 0.6 is 0 Å². The highest BCUT2D eigenvalue weighted by Crippen LogP contribution is 2.31. The maximum Gasteiger partial charge on any atom is 0.225 e. The van der Waals surface area contributed by atoms with Crippen molar-refractivity contribution in [3.8, 4) is 0 Å². The van der Waals surface area contributed by atoms with Crippen molar-refractivity contribution in [1.82, 2.24) is 4.90 Å². The first kappa shape index (κ1) is 12.9. The number of amides is 1. The van der Waals surface area contributed by atoms with Gasteiger partial charge >= 0.3 is 0 Å². The van der Waals surface area contributed by atoms with Crippen LogP contribution in [0.2, 0.25) is 0 Å². The number of carbonyl (C=O) groups is 1. The molecule has 98 valence electrons. The number of carbonyl (C=O) groups excluding carboxylic acids is 1. The topological polar surface area (TPSA) is 46.3 Å². The highest BCUT2D eigenvalue weighted by atomic mass is 16.2. The first-order chi connectivity index (χ1) is 8.20. The molecule has 2 N–H and O–H groups in total. The van der Waals surface area contributed by atoms with Gasteiger partial charge in [-0.3, -0.25) is 4.79 Å². The van der Waals surface area contributed by atoms with Crippen molar-refractivity contribution >= 4 is 5.91 Å². The predicted octanol–water partition coefficient (Wildman–Crippen LogP) is 2.01. The van der Waals surface area contributed by atoms with Gasteiger partial charge in [-0.15, -0.1) is 0 Å². The summed E-state index contributed by atoms with van der Waals surface area (Å²) in [5, 5.41) is 0. The summed E-state index contributed by atoms with van der Waals surface area (Å²) in [6, 6.07) is 0. The van der Waals surface area contributed by atoms with Crippen molar-refractivity contribution in [1.29, 1.82) is 0 Å². The highest BCUT2D eigenvalue weighted by molar-refractivity contribution is 5.78. The van der Waals surface area contributed by atoms with Gasteiger partial charge in [-0.2, -0.15) is 0 Å². The monoisotopic (exact) mass is 238 g/mol. The molecule has 1 saturated carbocycles. The van der Waals surface area contributed by atoms with E-state index in [1.165, 1.54) is 25.7 Å². The summed E-state index contributed by atoms with van der Waals surface area (Å²) in [6.45, 7) is 4.65. The van der Waals surface area contributed by atoms with E-state index >= 15 is 0 Å². The Kier molecular flexibility index (Phi) is 4.43. The molecule has 2 fully saturated rings. The zero-order valence-corrected chi connectivity index (χ0v) is 11.0. The van der Waals surface area contributed by atoms with Crippen molar-refractivity contribution in [2.24, 2.45) is 23.5 Å². The average molecular weight is 238 g/mol. The summed E-state index contributed by atoms with van der Waals surface area (Å²) in [4.78, 5) is 14.3. The molecule has 1 amide bonds. The fourth-order valence-electron chi connectivity index (χ4n) is 3.38. The Morgan fingerprint density at radius 2 is 2.00 bits per heavy atom. The van der Waals surface area contributed by atoms with Crippen molar-refractivity contribution in [2.75, 3.05) is 19.6 Å². The molecule has 2 atom stereocenters. The molecule has 2 aliphatic rings. The second-order valence-corrected chi connectivity index (χ2v) is 5.96. The second-order valence-electron chi connectivity index (χ2n) is 5.96. The average Bonchev–Trinajstić information content (AvgIpc) is 2.98. The normalized spacial score (nSPS) is 27.6. The quantitative estimate of drug-likeness (QED) is 0.814. The molecule has 17 heavy (non-hydrogen) atoms. The van der Waals surface area contributed by atoms with Crippen LogP contribution in [0.5, 0.6) is 0 Å². The molecule has 0 bridgehead atoms. The number of rotatable bonds is 4. The van der Waals surface area contributed by atoms with Gasteiger partial charge in [0.25, 0.3) is 0 Å². The van der Waals surface area contributed by atoms with Crippen molar-refractivity contribution in [2.45, 2.75) is 45.4 Å². The summed E-state index contributed by atoms with van der Waals surface area (Å²) < 4.78 is 0. The summed E-state index contributed by atoms with van der Waals surface area (Å²) in [5.74, 6) is 1.93. The Bertz CT molecular complexity index is 261. The molecular weight excluding hydrogens is 212 g/mol. The largest absolute Gasteiger partial charge is 0.342 e. The van der Waals surface area contributed by atoms with Crippen LogP contribution in [0.15, 0.2) is 0 Å². The van der Waals surface area contributed by atoms with Crippen LogP contribution in [0.25, 0.3) is 0 Å². The third kappa shape index (κ3) is 3.21. The molecule has 2 rings (SSSR count). The van der Waals surface area contributed by atoms with Gasteiger partial charge in [-0.1, -0.05) is 32.6 Å². The van der Waals surface area contributed by atoms with Crippen LogP contribution in [-0.2, 0) is 4.79 Å². The molecule has 3 heteroatoms. The third-order valence-electron chi connectivity index (χ3n) is 4.51. The summed E-state index contributed by atoms with van der Waals surface area (Å²) in [7, 11) is 0. The molecule has 1 aliphatic carbocycles. The van der Waals surface area contributed by atoms with E-state index in [9.17, 15) is 4.79 Å². The SMILES string of the molecule is CC(CC1CCCC1)C(=O)N1CCC(CN)C1. The van der Waals surface area contributed by atoms with Crippen LogP contribution < -0.4 is 5.73 Å². The van der Waals surface area contributed by atoms with Crippen molar-refractivity contribution in [3.63, 3.8) is 0 Å². The zero-order chi connectivity index (χ0) is 12.3. The van der Waals surface area contributed by atoms with E-state index in [0.717, 1.165) is 38.4 Å². The van der Waals surface area contributed by atoms with E-state index in [1.807, 2.05) is 4.90 Å². The van der Waals surface area contributed by atoms with Crippen molar-refractivity contribution < 1.29 is 4.79 Å². The Hall–Kier alpha value is -0.570. The fourth-order valence-corrected chi connectivity index (χ4v) is 3.38. The van der Waals surface area contributed by atoms with Gasteiger partial charge in [0.05, 0.1) is 0 Å². The number of nitrogens with zero attached hydrogens (tertiary/aromatic N) is 1. The summed E-state index contributed by atoms with van der Waals surface area (Å²) in [5.41, 5.74) is 5.67. The van der Waals surface area contributed by atoms with Crippen LogP contribution in [0.4, 0.5) is 0 Å². The molecular formula is C14H26N2O. The molecule has 1 aliphatic heterocycles. The third-order valence-corrected chi connectivity index (χ3v) is 4.51. The predicted molar refractivity (Wildman–Crippen MR) is 69.5 cm³/mol. The first-order valence-corrected chi connectivity index (χ1v) is 7.19. The molecule has 3 nitrogen and oxygen atoms in total. The standard InChI is InChI=1S/C14H26N2O/c1-11(8-12-4-2-3-5-12)14(17)16-7-6-13(9-15)10-16/h11-13H,2-10,15H2,1H3. The van der Waals surface area contributed by atoms with Gasteiger partial charge in [0.1, 0.15) is 0 Å². The smallest absolute Gasteiger partial charge is 0.225 e. The maximum absolute atomic E-state index is 12.3. The molecule has 1 saturated heterocycles. The van der Waals surface area contributed by atoms with Gasteiger partial charge < -0.3 is 10.6 Å². The van der Waals surface area contributed by atoms with Crippen LogP contribution in [0.3, 0.4) is 0 Å². The van der Waals surface area contributed by atoms with Crippen LogP contribution in [0, 0.1) is 17.8 Å². The number of hydrogen-bond acceptors (Lipinski definition) is 2.